The van der Waals surface area contributed by atoms with Crippen molar-refractivity contribution in [3.63, 3.8) is 0 Å². The molecule has 2 rings (SSSR count). The number of nitrogens with two attached hydrogens (primary N) is 1. The van der Waals surface area contributed by atoms with Gasteiger partial charge in [0.05, 0.1) is 12.6 Å². The normalized spacial score (nSPS) is 16.9. The lowest BCUT2D eigenvalue weighted by molar-refractivity contribution is -0.127. The SMILES string of the molecule is CC1CCN(Cc2cccc(CNC(=O)CNC(=O)[C@@H](N)C(C)C)c2)CC1. The van der Waals surface area contributed by atoms with Crippen LogP contribution in [0.1, 0.15) is 44.7 Å². The first kappa shape index (κ1) is 21.4. The van der Waals surface area contributed by atoms with Gasteiger partial charge >= 0.3 is 0 Å². The molecule has 0 unspecified atom stereocenters. The van der Waals surface area contributed by atoms with Gasteiger partial charge in [-0.2, -0.15) is 0 Å². The van der Waals surface area contributed by atoms with Gasteiger partial charge in [0.1, 0.15) is 0 Å². The topological polar surface area (TPSA) is 87.5 Å². The van der Waals surface area contributed by atoms with Crippen LogP contribution in [0.2, 0.25) is 0 Å². The van der Waals surface area contributed by atoms with Crippen LogP contribution in [0.5, 0.6) is 0 Å². The molecule has 1 atom stereocenters. The Morgan fingerprint density at radius 2 is 1.85 bits per heavy atom. The van der Waals surface area contributed by atoms with Crippen LogP contribution in [0, 0.1) is 11.8 Å². The summed E-state index contributed by atoms with van der Waals surface area (Å²) in [7, 11) is 0. The molecule has 0 radical (unpaired) electrons. The van der Waals surface area contributed by atoms with E-state index in [-0.39, 0.29) is 24.3 Å². The molecular formula is C21H34N4O2. The van der Waals surface area contributed by atoms with Crippen molar-refractivity contribution in [3.8, 4) is 0 Å². The fraction of sp³-hybridized carbons (Fsp3) is 0.619. The Bertz CT molecular complexity index is 624. The molecule has 4 N–H and O–H groups in total. The lowest BCUT2D eigenvalue weighted by Gasteiger charge is -2.30. The number of amides is 2. The maximum Gasteiger partial charge on any atom is 0.239 e. The molecule has 1 aliphatic heterocycles. The summed E-state index contributed by atoms with van der Waals surface area (Å²) in [6.07, 6.45) is 2.53. The molecule has 0 bridgehead atoms. The van der Waals surface area contributed by atoms with Gasteiger partial charge in [0.15, 0.2) is 0 Å². The zero-order valence-corrected chi connectivity index (χ0v) is 16.8. The van der Waals surface area contributed by atoms with E-state index in [1.54, 1.807) is 0 Å². The maximum atomic E-state index is 12.0. The predicted octanol–water partition coefficient (Wildman–Crippen LogP) is 1.63. The zero-order valence-electron chi connectivity index (χ0n) is 16.8. The Kier molecular flexibility index (Phi) is 8.25. The van der Waals surface area contributed by atoms with Gasteiger partial charge in [-0.05, 0) is 48.9 Å². The van der Waals surface area contributed by atoms with Crippen molar-refractivity contribution >= 4 is 11.8 Å². The number of nitrogens with one attached hydrogen (secondary N) is 2. The Labute approximate surface area is 162 Å². The predicted molar refractivity (Wildman–Crippen MR) is 108 cm³/mol. The van der Waals surface area contributed by atoms with Gasteiger partial charge in [0.25, 0.3) is 0 Å². The van der Waals surface area contributed by atoms with E-state index in [2.05, 4.69) is 34.6 Å². The Hall–Kier alpha value is -1.92. The van der Waals surface area contributed by atoms with Crippen molar-refractivity contribution in [2.24, 2.45) is 17.6 Å². The van der Waals surface area contributed by atoms with Crippen LogP contribution >= 0.6 is 0 Å². The van der Waals surface area contributed by atoms with Gasteiger partial charge in [-0.25, -0.2) is 0 Å². The standard InChI is InChI=1S/C21H34N4O2/c1-15(2)20(22)21(27)24-13-19(26)23-12-17-5-4-6-18(11-17)14-25-9-7-16(3)8-10-25/h4-6,11,15-16,20H,7-10,12-14,22H2,1-3H3,(H,23,26)(H,24,27)/t20-/m0/s1. The molecular weight excluding hydrogens is 340 g/mol. The lowest BCUT2D eigenvalue weighted by atomic mass is 9.98. The average molecular weight is 375 g/mol. The first-order valence-electron chi connectivity index (χ1n) is 9.95. The monoisotopic (exact) mass is 374 g/mol. The number of carbonyl (C=O) groups is 2. The van der Waals surface area contributed by atoms with Gasteiger partial charge in [0.2, 0.25) is 11.8 Å². The number of hydrogen-bond acceptors (Lipinski definition) is 4. The van der Waals surface area contributed by atoms with Crippen molar-refractivity contribution in [2.75, 3.05) is 19.6 Å². The largest absolute Gasteiger partial charge is 0.350 e. The van der Waals surface area contributed by atoms with Crippen LogP contribution in [-0.2, 0) is 22.7 Å². The highest BCUT2D eigenvalue weighted by Crippen LogP contribution is 2.18. The summed E-state index contributed by atoms with van der Waals surface area (Å²) >= 11 is 0. The fourth-order valence-corrected chi connectivity index (χ4v) is 3.17. The van der Waals surface area contributed by atoms with Gasteiger partial charge in [-0.15, -0.1) is 0 Å². The number of benzene rings is 1. The fourth-order valence-electron chi connectivity index (χ4n) is 3.17. The number of hydrogen-bond donors (Lipinski definition) is 3. The highest BCUT2D eigenvalue weighted by Gasteiger charge is 2.18. The van der Waals surface area contributed by atoms with E-state index >= 15 is 0 Å². The quantitative estimate of drug-likeness (QED) is 0.645. The van der Waals surface area contributed by atoms with E-state index in [1.165, 1.54) is 18.4 Å². The third-order valence-electron chi connectivity index (χ3n) is 5.21. The number of rotatable bonds is 8. The molecule has 1 aromatic rings. The van der Waals surface area contributed by atoms with Crippen molar-refractivity contribution in [1.29, 1.82) is 0 Å². The molecule has 6 heteroatoms. The second kappa shape index (κ2) is 10.4. The highest BCUT2D eigenvalue weighted by atomic mass is 16.2. The summed E-state index contributed by atoms with van der Waals surface area (Å²) in [4.78, 5) is 26.3. The van der Waals surface area contributed by atoms with Crippen LogP contribution in [0.3, 0.4) is 0 Å². The molecule has 6 nitrogen and oxygen atoms in total. The summed E-state index contributed by atoms with van der Waals surface area (Å²) in [6.45, 7) is 9.74. The second-order valence-corrected chi connectivity index (χ2v) is 8.04. The number of nitrogens with zero attached hydrogens (tertiary/aromatic N) is 1. The summed E-state index contributed by atoms with van der Waals surface area (Å²) < 4.78 is 0. The molecule has 0 aliphatic carbocycles. The van der Waals surface area contributed by atoms with Crippen LogP contribution < -0.4 is 16.4 Å². The molecule has 1 heterocycles. The molecule has 2 amide bonds. The Morgan fingerprint density at radius 3 is 2.52 bits per heavy atom. The van der Waals surface area contributed by atoms with Gasteiger partial charge < -0.3 is 16.4 Å². The van der Waals surface area contributed by atoms with Crippen LogP contribution in [0.15, 0.2) is 24.3 Å². The number of likely N-dealkylation sites (tertiary alicyclic amines) is 1. The van der Waals surface area contributed by atoms with Crippen molar-refractivity contribution in [1.82, 2.24) is 15.5 Å². The number of piperidine rings is 1. The highest BCUT2D eigenvalue weighted by molar-refractivity contribution is 5.87. The summed E-state index contributed by atoms with van der Waals surface area (Å²) in [5.41, 5.74) is 8.10. The van der Waals surface area contributed by atoms with E-state index < -0.39 is 6.04 Å². The first-order chi connectivity index (χ1) is 12.8. The second-order valence-electron chi connectivity index (χ2n) is 8.04. The van der Waals surface area contributed by atoms with Crippen LogP contribution in [0.25, 0.3) is 0 Å². The molecule has 0 saturated carbocycles. The molecule has 1 aliphatic rings. The Morgan fingerprint density at radius 1 is 1.19 bits per heavy atom. The third-order valence-corrected chi connectivity index (χ3v) is 5.21. The van der Waals surface area contributed by atoms with E-state index in [0.29, 0.717) is 6.54 Å². The summed E-state index contributed by atoms with van der Waals surface area (Å²) in [6, 6.07) is 7.73. The van der Waals surface area contributed by atoms with Crippen molar-refractivity contribution in [3.05, 3.63) is 35.4 Å². The third kappa shape index (κ3) is 7.31. The lowest BCUT2D eigenvalue weighted by Crippen LogP contribution is -2.47. The summed E-state index contributed by atoms with van der Waals surface area (Å²) in [5.74, 6) is 0.366. The van der Waals surface area contributed by atoms with E-state index in [9.17, 15) is 9.59 Å². The molecule has 0 spiro atoms. The average Bonchev–Trinajstić information content (AvgIpc) is 2.66. The minimum absolute atomic E-state index is 0.0407. The minimum Gasteiger partial charge on any atom is -0.350 e. The van der Waals surface area contributed by atoms with Gasteiger partial charge in [-0.1, -0.05) is 45.0 Å². The van der Waals surface area contributed by atoms with E-state index in [0.717, 1.165) is 31.1 Å². The molecule has 1 aromatic carbocycles. The molecule has 0 aromatic heterocycles. The van der Waals surface area contributed by atoms with Crippen LogP contribution in [-0.4, -0.2) is 42.4 Å². The molecule has 27 heavy (non-hydrogen) atoms. The van der Waals surface area contributed by atoms with Crippen molar-refractivity contribution in [2.45, 2.75) is 52.7 Å². The van der Waals surface area contributed by atoms with E-state index in [4.69, 9.17) is 5.73 Å². The van der Waals surface area contributed by atoms with Gasteiger partial charge in [-0.3, -0.25) is 14.5 Å². The van der Waals surface area contributed by atoms with Gasteiger partial charge in [0, 0.05) is 13.1 Å². The van der Waals surface area contributed by atoms with Crippen LogP contribution in [0.4, 0.5) is 0 Å². The summed E-state index contributed by atoms with van der Waals surface area (Å²) in [5, 5.41) is 5.44. The molecule has 1 fully saturated rings. The zero-order chi connectivity index (χ0) is 19.8. The molecule has 150 valence electrons. The maximum absolute atomic E-state index is 12.0. The minimum atomic E-state index is -0.591. The first-order valence-corrected chi connectivity index (χ1v) is 9.95. The smallest absolute Gasteiger partial charge is 0.239 e. The van der Waals surface area contributed by atoms with Crippen molar-refractivity contribution < 1.29 is 9.59 Å². The number of carbonyl (C=O) groups excluding carboxylic acids is 2. The van der Waals surface area contributed by atoms with E-state index in [1.807, 2.05) is 26.0 Å². The molecule has 1 saturated heterocycles. The Balaban J connectivity index is 1.75.